The first kappa shape index (κ1) is 22.3. The molecule has 0 amide bonds. The summed E-state index contributed by atoms with van der Waals surface area (Å²) in [4.78, 5) is 8.80. The van der Waals surface area contributed by atoms with E-state index in [1.807, 2.05) is 44.2 Å². The van der Waals surface area contributed by atoms with Crippen molar-refractivity contribution in [1.82, 2.24) is 24.6 Å². The molecule has 2 aliphatic heterocycles. The van der Waals surface area contributed by atoms with Crippen LogP contribution in [-0.4, -0.2) is 43.3 Å². The van der Waals surface area contributed by atoms with Gasteiger partial charge in [-0.05, 0) is 62.6 Å². The monoisotopic (exact) mass is 472 g/mol. The second-order valence-electron chi connectivity index (χ2n) is 9.36. The minimum atomic E-state index is -0.656. The van der Waals surface area contributed by atoms with E-state index in [0.717, 1.165) is 54.6 Å². The molecule has 0 atom stereocenters. The molecule has 3 aromatic rings. The lowest BCUT2D eigenvalue weighted by Crippen LogP contribution is -2.41. The van der Waals surface area contributed by atoms with Crippen LogP contribution >= 0.6 is 11.6 Å². The van der Waals surface area contributed by atoms with Crippen LogP contribution in [-0.2, 0) is 13.1 Å². The van der Waals surface area contributed by atoms with Crippen LogP contribution in [0.15, 0.2) is 36.4 Å². The quantitative estimate of drug-likeness (QED) is 0.563. The van der Waals surface area contributed by atoms with Crippen molar-refractivity contribution in [2.75, 3.05) is 18.0 Å². The van der Waals surface area contributed by atoms with Crippen LogP contribution in [0.3, 0.4) is 0 Å². The fourth-order valence-corrected chi connectivity index (χ4v) is 4.98. The second kappa shape index (κ2) is 8.72. The first-order valence-electron chi connectivity index (χ1n) is 11.4. The molecule has 1 aromatic carbocycles. The third-order valence-corrected chi connectivity index (χ3v) is 7.06. The SMILES string of the molecule is CC(C)(C#N)N1Cc2cc(Cl)ccc2-n2c(nnc2C2CCN(c3cccc(C#N)n3)CC2)C1. The summed E-state index contributed by atoms with van der Waals surface area (Å²) in [7, 11) is 0. The summed E-state index contributed by atoms with van der Waals surface area (Å²) in [6, 6.07) is 16.0. The summed E-state index contributed by atoms with van der Waals surface area (Å²) in [6.45, 7) is 6.65. The zero-order chi connectivity index (χ0) is 23.9. The van der Waals surface area contributed by atoms with Crippen LogP contribution in [0.25, 0.3) is 5.69 Å². The number of pyridine rings is 1. The van der Waals surface area contributed by atoms with Gasteiger partial charge in [0.2, 0.25) is 0 Å². The average Bonchev–Trinajstić information content (AvgIpc) is 3.19. The van der Waals surface area contributed by atoms with Crippen molar-refractivity contribution in [2.45, 2.75) is 51.2 Å². The zero-order valence-electron chi connectivity index (χ0n) is 19.2. The average molecular weight is 473 g/mol. The number of anilines is 1. The van der Waals surface area contributed by atoms with Crippen molar-refractivity contribution in [3.05, 3.63) is 64.3 Å². The maximum Gasteiger partial charge on any atom is 0.151 e. The highest BCUT2D eigenvalue weighted by molar-refractivity contribution is 6.30. The smallest absolute Gasteiger partial charge is 0.151 e. The van der Waals surface area contributed by atoms with Crippen molar-refractivity contribution in [1.29, 1.82) is 10.5 Å². The van der Waals surface area contributed by atoms with Gasteiger partial charge in [-0.15, -0.1) is 10.2 Å². The first-order chi connectivity index (χ1) is 16.4. The summed E-state index contributed by atoms with van der Waals surface area (Å²) in [6.07, 6.45) is 1.82. The maximum atomic E-state index is 9.76. The molecule has 1 saturated heterocycles. The van der Waals surface area contributed by atoms with E-state index in [2.05, 4.69) is 41.7 Å². The lowest BCUT2D eigenvalue weighted by atomic mass is 9.95. The number of hydrogen-bond donors (Lipinski definition) is 0. The molecule has 2 aliphatic rings. The Morgan fingerprint density at radius 1 is 1.06 bits per heavy atom. The van der Waals surface area contributed by atoms with E-state index in [-0.39, 0.29) is 5.92 Å². The third-order valence-electron chi connectivity index (χ3n) is 6.83. The van der Waals surface area contributed by atoms with Crippen LogP contribution in [0.4, 0.5) is 5.82 Å². The minimum Gasteiger partial charge on any atom is -0.357 e. The Bertz CT molecular complexity index is 1310. The van der Waals surface area contributed by atoms with Gasteiger partial charge in [0.25, 0.3) is 0 Å². The predicted molar refractivity (Wildman–Crippen MR) is 128 cm³/mol. The number of benzene rings is 1. The molecule has 2 aromatic heterocycles. The number of nitriles is 2. The number of rotatable bonds is 3. The predicted octanol–water partition coefficient (Wildman–Crippen LogP) is 4.19. The largest absolute Gasteiger partial charge is 0.357 e. The molecule has 9 heteroatoms. The van der Waals surface area contributed by atoms with Gasteiger partial charge in [-0.2, -0.15) is 10.5 Å². The van der Waals surface area contributed by atoms with Crippen LogP contribution < -0.4 is 4.90 Å². The highest BCUT2D eigenvalue weighted by Crippen LogP contribution is 2.35. The van der Waals surface area contributed by atoms with Gasteiger partial charge in [0.1, 0.15) is 28.9 Å². The summed E-state index contributed by atoms with van der Waals surface area (Å²) < 4.78 is 2.17. The Morgan fingerprint density at radius 2 is 1.85 bits per heavy atom. The Labute approximate surface area is 204 Å². The Hall–Kier alpha value is -3.46. The number of aromatic nitrogens is 4. The Balaban J connectivity index is 1.46. The summed E-state index contributed by atoms with van der Waals surface area (Å²) >= 11 is 6.36. The Kier molecular flexibility index (Phi) is 5.73. The van der Waals surface area contributed by atoms with E-state index in [0.29, 0.717) is 23.8 Å². The van der Waals surface area contributed by atoms with Gasteiger partial charge in [-0.3, -0.25) is 9.47 Å². The highest BCUT2D eigenvalue weighted by Gasteiger charge is 2.34. The van der Waals surface area contributed by atoms with Gasteiger partial charge in [0, 0.05) is 30.6 Å². The van der Waals surface area contributed by atoms with E-state index in [4.69, 9.17) is 16.9 Å². The van der Waals surface area contributed by atoms with Gasteiger partial charge < -0.3 is 4.90 Å². The molecule has 5 rings (SSSR count). The molecule has 172 valence electrons. The molecule has 1 fully saturated rings. The van der Waals surface area contributed by atoms with Gasteiger partial charge >= 0.3 is 0 Å². The molecular weight excluding hydrogens is 448 g/mol. The topological polar surface area (TPSA) is 97.7 Å². The molecule has 8 nitrogen and oxygen atoms in total. The van der Waals surface area contributed by atoms with E-state index >= 15 is 0 Å². The molecule has 0 spiro atoms. The van der Waals surface area contributed by atoms with Crippen molar-refractivity contribution < 1.29 is 0 Å². The molecule has 0 N–H and O–H groups in total. The molecule has 0 unspecified atom stereocenters. The van der Waals surface area contributed by atoms with Crippen molar-refractivity contribution in [2.24, 2.45) is 0 Å². The fourth-order valence-electron chi connectivity index (χ4n) is 4.79. The summed E-state index contributed by atoms with van der Waals surface area (Å²) in [5, 5.41) is 28.8. The Morgan fingerprint density at radius 3 is 2.59 bits per heavy atom. The van der Waals surface area contributed by atoms with Crippen LogP contribution in [0.5, 0.6) is 0 Å². The van der Waals surface area contributed by atoms with Crippen molar-refractivity contribution in [3.63, 3.8) is 0 Å². The summed E-state index contributed by atoms with van der Waals surface area (Å²) in [5.41, 5.74) is 1.87. The van der Waals surface area contributed by atoms with Gasteiger partial charge in [0.05, 0.1) is 18.3 Å². The molecule has 34 heavy (non-hydrogen) atoms. The van der Waals surface area contributed by atoms with Gasteiger partial charge in [0.15, 0.2) is 5.82 Å². The van der Waals surface area contributed by atoms with Crippen molar-refractivity contribution >= 4 is 17.4 Å². The van der Waals surface area contributed by atoms with E-state index < -0.39 is 5.54 Å². The number of halogens is 1. The normalized spacial score (nSPS) is 16.8. The summed E-state index contributed by atoms with van der Waals surface area (Å²) in [5.74, 6) is 2.88. The fraction of sp³-hybridized carbons (Fsp3) is 0.400. The number of piperidine rings is 1. The molecule has 0 aliphatic carbocycles. The number of nitrogens with zero attached hydrogens (tertiary/aromatic N) is 8. The second-order valence-corrected chi connectivity index (χ2v) is 9.80. The van der Waals surface area contributed by atoms with Crippen LogP contribution in [0, 0.1) is 22.7 Å². The van der Waals surface area contributed by atoms with Gasteiger partial charge in [-0.25, -0.2) is 4.98 Å². The van der Waals surface area contributed by atoms with Crippen LogP contribution in [0.1, 0.15) is 55.5 Å². The van der Waals surface area contributed by atoms with Crippen molar-refractivity contribution in [3.8, 4) is 17.8 Å². The number of fused-ring (bicyclic) bond motifs is 3. The van der Waals surface area contributed by atoms with E-state index in [1.54, 1.807) is 6.07 Å². The van der Waals surface area contributed by atoms with Crippen LogP contribution in [0.2, 0.25) is 5.02 Å². The van der Waals surface area contributed by atoms with E-state index in [9.17, 15) is 5.26 Å². The molecule has 0 radical (unpaired) electrons. The molecule has 0 bridgehead atoms. The lowest BCUT2D eigenvalue weighted by Gasteiger charge is -2.32. The number of hydrogen-bond acceptors (Lipinski definition) is 7. The standard InChI is InChI=1S/C25H25ClN8/c1-25(2,16-28)33-14-18-12-19(26)6-7-21(18)34-23(15-33)30-31-24(34)17-8-10-32(11-9-17)22-5-3-4-20(13-27)29-22/h3-7,12,17H,8-11,14-15H2,1-2H3. The zero-order valence-corrected chi connectivity index (χ0v) is 20.0. The highest BCUT2D eigenvalue weighted by atomic mass is 35.5. The lowest BCUT2D eigenvalue weighted by molar-refractivity contribution is 0.147. The maximum absolute atomic E-state index is 9.76. The molecule has 0 saturated carbocycles. The van der Waals surface area contributed by atoms with E-state index in [1.165, 1.54) is 0 Å². The molecule has 4 heterocycles. The minimum absolute atomic E-state index is 0.246. The van der Waals surface area contributed by atoms with Gasteiger partial charge in [-0.1, -0.05) is 17.7 Å². The third kappa shape index (κ3) is 4.00. The molecular formula is C25H25ClN8. The first-order valence-corrected chi connectivity index (χ1v) is 11.8.